The molecule has 36 heavy (non-hydrogen) atoms. The van der Waals surface area contributed by atoms with Gasteiger partial charge in [-0.3, -0.25) is 15.5 Å². The van der Waals surface area contributed by atoms with Gasteiger partial charge in [0.05, 0.1) is 22.3 Å². The summed E-state index contributed by atoms with van der Waals surface area (Å²) >= 11 is 1.03. The number of hydrogen-bond acceptors (Lipinski definition) is 10. The van der Waals surface area contributed by atoms with Crippen LogP contribution in [0.4, 0.5) is 43.0 Å². The number of nitrogens with zero attached hydrogens (tertiary/aromatic N) is 3. The van der Waals surface area contributed by atoms with Crippen LogP contribution in [-0.2, 0) is 22.5 Å². The van der Waals surface area contributed by atoms with E-state index >= 15 is 0 Å². The molecular formula is C18H11F6N5O5S2. The highest BCUT2D eigenvalue weighted by Crippen LogP contribution is 2.38. The molecule has 0 atom stereocenters. The van der Waals surface area contributed by atoms with Crippen molar-refractivity contribution in [2.24, 2.45) is 5.10 Å². The molecule has 18 heteroatoms. The van der Waals surface area contributed by atoms with Gasteiger partial charge in [-0.25, -0.2) is 4.98 Å². The second kappa shape index (κ2) is 9.61. The Kier molecular flexibility index (Phi) is 7.12. The number of nitro benzene ring substituents is 1. The minimum absolute atomic E-state index is 0.0296. The molecule has 0 fully saturated rings. The monoisotopic (exact) mass is 555 g/mol. The van der Waals surface area contributed by atoms with Crippen molar-refractivity contribution < 1.29 is 43.9 Å². The van der Waals surface area contributed by atoms with Crippen LogP contribution in [0.3, 0.4) is 0 Å². The first-order valence-electron chi connectivity index (χ1n) is 9.09. The lowest BCUT2D eigenvalue weighted by molar-refractivity contribution is -0.384. The largest absolute Gasteiger partial charge is 0.416 e. The lowest BCUT2D eigenvalue weighted by Gasteiger charge is -2.15. The Morgan fingerprint density at radius 1 is 1.08 bits per heavy atom. The molecule has 1 aromatic heterocycles. The van der Waals surface area contributed by atoms with Crippen LogP contribution in [0.15, 0.2) is 51.8 Å². The van der Waals surface area contributed by atoms with Crippen LogP contribution in [0, 0.1) is 10.1 Å². The Morgan fingerprint density at radius 2 is 1.69 bits per heavy atom. The summed E-state index contributed by atoms with van der Waals surface area (Å²) in [5.41, 5.74) is 3.19. The molecule has 0 spiro atoms. The van der Waals surface area contributed by atoms with E-state index in [-0.39, 0.29) is 34.7 Å². The van der Waals surface area contributed by atoms with E-state index in [0.717, 1.165) is 35.8 Å². The van der Waals surface area contributed by atoms with Crippen LogP contribution in [0.25, 0.3) is 0 Å². The third-order valence-electron chi connectivity index (χ3n) is 4.14. The van der Waals surface area contributed by atoms with Gasteiger partial charge in [0, 0.05) is 23.1 Å². The van der Waals surface area contributed by atoms with E-state index in [0.29, 0.717) is 0 Å². The van der Waals surface area contributed by atoms with Crippen LogP contribution in [0.1, 0.15) is 16.7 Å². The van der Waals surface area contributed by atoms with Crippen LogP contribution in [0.5, 0.6) is 5.75 Å². The number of nitrogens with two attached hydrogens (primary N) is 1. The maximum atomic E-state index is 13.1. The summed E-state index contributed by atoms with van der Waals surface area (Å²) < 4.78 is 109. The zero-order valence-corrected chi connectivity index (χ0v) is 18.8. The van der Waals surface area contributed by atoms with Gasteiger partial charge in [0.15, 0.2) is 5.75 Å². The first-order valence-corrected chi connectivity index (χ1v) is 11.4. The lowest BCUT2D eigenvalue weighted by Crippen LogP contribution is -2.16. The van der Waals surface area contributed by atoms with Gasteiger partial charge in [-0.05, 0) is 24.3 Å². The average molecular weight is 555 g/mol. The highest BCUT2D eigenvalue weighted by molar-refractivity contribution is 7.87. The van der Waals surface area contributed by atoms with Crippen molar-refractivity contribution in [3.8, 4) is 5.75 Å². The van der Waals surface area contributed by atoms with Crippen LogP contribution in [0.2, 0.25) is 0 Å². The number of nitrogen functional groups attached to an aromatic ring is 1. The summed E-state index contributed by atoms with van der Waals surface area (Å²) in [5.74, 6) is -0.516. The fourth-order valence-electron chi connectivity index (χ4n) is 2.56. The smallest absolute Gasteiger partial charge is 0.383 e. The molecule has 1 heterocycles. The number of alkyl halides is 6. The van der Waals surface area contributed by atoms with E-state index in [1.165, 1.54) is 5.38 Å². The molecule has 0 radical (unpaired) electrons. The van der Waals surface area contributed by atoms with Crippen molar-refractivity contribution in [2.45, 2.75) is 17.2 Å². The van der Waals surface area contributed by atoms with Gasteiger partial charge in [0.1, 0.15) is 10.7 Å². The molecule has 0 unspecified atom stereocenters. The van der Waals surface area contributed by atoms with Gasteiger partial charge in [0.25, 0.3) is 5.69 Å². The highest BCUT2D eigenvalue weighted by atomic mass is 32.2. The molecule has 0 bridgehead atoms. The van der Waals surface area contributed by atoms with Gasteiger partial charge >= 0.3 is 22.5 Å². The third kappa shape index (κ3) is 6.39. The van der Waals surface area contributed by atoms with Crippen LogP contribution < -0.4 is 15.3 Å². The number of anilines is 2. The Morgan fingerprint density at radius 3 is 2.19 bits per heavy atom. The summed E-state index contributed by atoms with van der Waals surface area (Å²) in [5, 5.41) is 16.4. The zero-order valence-electron chi connectivity index (χ0n) is 17.2. The Balaban J connectivity index is 2.03. The standard InChI is InChI=1S/C18H11F6N5O5S2/c19-17(20,21)10-4-11(18(22,23)24)6-13(5-10)36(32,33)34-14-2-1-12(29(30)31)3-9(14)7-26-28-16-27-15(25)8-35-16/h1-8H,25H2,(H,27,28). The number of halogens is 6. The number of hydrazone groups is 1. The SMILES string of the molecule is Nc1csc(NN=Cc2cc([N+](=O)[O-])ccc2OS(=O)(=O)c2cc(C(F)(F)F)cc(C(F)(F)F)c2)n1. The molecule has 0 saturated carbocycles. The number of hydrogen-bond donors (Lipinski definition) is 2. The molecule has 3 rings (SSSR count). The first-order chi connectivity index (χ1) is 16.6. The van der Waals surface area contributed by atoms with Crippen molar-refractivity contribution in [1.29, 1.82) is 0 Å². The van der Waals surface area contributed by atoms with Gasteiger partial charge < -0.3 is 9.92 Å². The summed E-state index contributed by atoms with van der Waals surface area (Å²) in [6, 6.07) is 2.11. The Hall–Kier alpha value is -3.93. The zero-order chi connectivity index (χ0) is 26.9. The van der Waals surface area contributed by atoms with Gasteiger partial charge in [-0.15, -0.1) is 11.3 Å². The van der Waals surface area contributed by atoms with Crippen molar-refractivity contribution in [3.63, 3.8) is 0 Å². The number of aromatic nitrogens is 1. The van der Waals surface area contributed by atoms with E-state index in [4.69, 9.17) is 9.92 Å². The Labute approximate surface area is 201 Å². The minimum atomic E-state index is -5.30. The summed E-state index contributed by atoms with van der Waals surface area (Å²) in [7, 11) is -5.29. The molecule has 3 N–H and O–H groups in total. The van der Waals surface area contributed by atoms with E-state index in [9.17, 15) is 44.9 Å². The first kappa shape index (κ1) is 26.7. The highest BCUT2D eigenvalue weighted by Gasteiger charge is 2.38. The maximum absolute atomic E-state index is 13.1. The summed E-state index contributed by atoms with van der Waals surface area (Å²) in [4.78, 5) is 12.6. The number of benzene rings is 2. The fourth-order valence-corrected chi connectivity index (χ4v) is 4.13. The van der Waals surface area contributed by atoms with E-state index in [1.54, 1.807) is 0 Å². The minimum Gasteiger partial charge on any atom is -0.383 e. The molecule has 0 amide bonds. The molecule has 3 aromatic rings. The third-order valence-corrected chi connectivity index (χ3v) is 6.12. The van der Waals surface area contributed by atoms with Crippen LogP contribution >= 0.6 is 11.3 Å². The summed E-state index contributed by atoms with van der Waals surface area (Å²) in [6.07, 6.45) is -9.74. The van der Waals surface area contributed by atoms with Gasteiger partial charge in [-0.2, -0.15) is 39.9 Å². The normalized spacial score (nSPS) is 12.6. The number of nitrogens with one attached hydrogen (secondary N) is 1. The number of thiazole rings is 1. The second-order valence-corrected chi connectivity index (χ2v) is 9.11. The second-order valence-electron chi connectivity index (χ2n) is 6.71. The van der Waals surface area contributed by atoms with Crippen molar-refractivity contribution in [1.82, 2.24) is 4.98 Å². The van der Waals surface area contributed by atoms with Crippen LogP contribution in [-0.4, -0.2) is 24.5 Å². The molecule has 10 nitrogen and oxygen atoms in total. The molecule has 192 valence electrons. The summed E-state index contributed by atoms with van der Waals surface area (Å²) in [6.45, 7) is 0. The van der Waals surface area contributed by atoms with Crippen molar-refractivity contribution >= 4 is 44.3 Å². The lowest BCUT2D eigenvalue weighted by atomic mass is 10.1. The maximum Gasteiger partial charge on any atom is 0.416 e. The number of non-ortho nitro benzene ring substituents is 1. The molecular weight excluding hydrogens is 544 g/mol. The predicted molar refractivity (Wildman–Crippen MR) is 115 cm³/mol. The van der Waals surface area contributed by atoms with Gasteiger partial charge in [-0.1, -0.05) is 0 Å². The molecule has 0 aliphatic rings. The molecule has 0 saturated heterocycles. The fraction of sp³-hybridized carbons (Fsp3) is 0.111. The molecule has 0 aliphatic carbocycles. The van der Waals surface area contributed by atoms with E-state index < -0.39 is 54.9 Å². The molecule has 0 aliphatic heterocycles. The van der Waals surface area contributed by atoms with E-state index in [1.807, 2.05) is 0 Å². The number of rotatable bonds is 7. The molecule has 2 aromatic carbocycles. The Bertz CT molecular complexity index is 1400. The van der Waals surface area contributed by atoms with Gasteiger partial charge in [0.2, 0.25) is 5.13 Å². The number of nitro groups is 1. The quantitative estimate of drug-likeness (QED) is 0.138. The van der Waals surface area contributed by atoms with E-state index in [2.05, 4.69) is 15.5 Å². The predicted octanol–water partition coefficient (Wildman–Crippen LogP) is 4.88. The topological polar surface area (TPSA) is 150 Å². The van der Waals surface area contributed by atoms with Crippen molar-refractivity contribution in [3.05, 3.63) is 68.6 Å². The van der Waals surface area contributed by atoms with Crippen molar-refractivity contribution in [2.75, 3.05) is 11.2 Å². The average Bonchev–Trinajstić information content (AvgIpc) is 3.18.